The number of amides is 2. The van der Waals surface area contributed by atoms with E-state index in [4.69, 9.17) is 28.3 Å². The fraction of sp³-hybridized carbons (Fsp3) is 0.308. The summed E-state index contributed by atoms with van der Waals surface area (Å²) in [6.07, 6.45) is -0.0902. The number of aliphatic carboxylic acids is 1. The Bertz CT molecular complexity index is 606. The summed E-state index contributed by atoms with van der Waals surface area (Å²) < 4.78 is 0. The maximum Gasteiger partial charge on any atom is 0.328 e. The predicted octanol–water partition coefficient (Wildman–Crippen LogP) is 0.948. The zero-order valence-corrected chi connectivity index (χ0v) is 12.3. The van der Waals surface area contributed by atoms with Gasteiger partial charge in [0.2, 0.25) is 11.8 Å². The van der Waals surface area contributed by atoms with Crippen molar-refractivity contribution in [1.29, 1.82) is 0 Å². The lowest BCUT2D eigenvalue weighted by atomic mass is 10.1. The average Bonchev–Trinajstić information content (AvgIpc) is 2.41. The molecule has 0 aliphatic carbocycles. The molecule has 0 saturated carbocycles. The summed E-state index contributed by atoms with van der Waals surface area (Å²) in [5.74, 6) is -2.02. The number of carbonyl (C=O) groups is 3. The highest BCUT2D eigenvalue weighted by atomic mass is 35.5. The molecule has 1 aromatic rings. The highest BCUT2D eigenvalue weighted by Crippen LogP contribution is 2.22. The molecule has 0 radical (unpaired) electrons. The molecule has 0 bridgehead atoms. The molecule has 21 heavy (non-hydrogen) atoms. The number of nitrogens with zero attached hydrogens (tertiary/aromatic N) is 1. The quantitative estimate of drug-likeness (QED) is 0.863. The molecule has 1 unspecified atom stereocenters. The van der Waals surface area contributed by atoms with Crippen LogP contribution in [0.25, 0.3) is 0 Å². The van der Waals surface area contributed by atoms with Gasteiger partial charge in [-0.05, 0) is 17.7 Å². The number of benzene rings is 1. The second-order valence-corrected chi connectivity index (χ2v) is 5.44. The SMILES string of the molecule is O=C1CN(C(=O)Cc2ccc(Cl)cc2Cl)C(C(=O)O)CN1. The van der Waals surface area contributed by atoms with Gasteiger partial charge in [-0.1, -0.05) is 29.3 Å². The maximum atomic E-state index is 12.3. The molecule has 1 aliphatic rings. The summed E-state index contributed by atoms with van der Waals surface area (Å²) in [7, 11) is 0. The zero-order chi connectivity index (χ0) is 15.6. The van der Waals surface area contributed by atoms with Crippen molar-refractivity contribution < 1.29 is 19.5 Å². The topological polar surface area (TPSA) is 86.7 Å². The number of carboxylic acids is 1. The lowest BCUT2D eigenvalue weighted by Crippen LogP contribution is -2.59. The van der Waals surface area contributed by atoms with E-state index in [0.717, 1.165) is 4.90 Å². The highest BCUT2D eigenvalue weighted by molar-refractivity contribution is 6.35. The third-order valence-electron chi connectivity index (χ3n) is 3.14. The van der Waals surface area contributed by atoms with E-state index < -0.39 is 17.9 Å². The van der Waals surface area contributed by atoms with Gasteiger partial charge in [0.05, 0.1) is 6.42 Å². The van der Waals surface area contributed by atoms with Crippen molar-refractivity contribution in [3.05, 3.63) is 33.8 Å². The number of hydrogen-bond donors (Lipinski definition) is 2. The number of carbonyl (C=O) groups excluding carboxylic acids is 2. The molecule has 2 rings (SSSR count). The van der Waals surface area contributed by atoms with E-state index in [1.165, 1.54) is 6.07 Å². The number of halogens is 2. The van der Waals surface area contributed by atoms with Crippen molar-refractivity contribution in [1.82, 2.24) is 10.2 Å². The third-order valence-corrected chi connectivity index (χ3v) is 3.73. The van der Waals surface area contributed by atoms with E-state index in [1.807, 2.05) is 0 Å². The lowest BCUT2D eigenvalue weighted by molar-refractivity contribution is -0.153. The van der Waals surface area contributed by atoms with Crippen LogP contribution >= 0.6 is 23.2 Å². The first kappa shape index (κ1) is 15.6. The molecule has 1 saturated heterocycles. The molecule has 2 amide bonds. The number of rotatable bonds is 3. The van der Waals surface area contributed by atoms with Crippen LogP contribution in [-0.4, -0.2) is 46.9 Å². The van der Waals surface area contributed by atoms with Gasteiger partial charge < -0.3 is 15.3 Å². The fourth-order valence-corrected chi connectivity index (χ4v) is 2.53. The maximum absolute atomic E-state index is 12.3. The second kappa shape index (κ2) is 6.32. The Morgan fingerprint density at radius 3 is 2.71 bits per heavy atom. The smallest absolute Gasteiger partial charge is 0.328 e. The first-order valence-corrected chi connectivity index (χ1v) is 6.87. The number of carboxylic acid groups (broad SMARTS) is 1. The minimum Gasteiger partial charge on any atom is -0.480 e. The van der Waals surface area contributed by atoms with Crippen molar-refractivity contribution in [2.45, 2.75) is 12.5 Å². The predicted molar refractivity (Wildman–Crippen MR) is 76.3 cm³/mol. The van der Waals surface area contributed by atoms with Gasteiger partial charge in [0.1, 0.15) is 12.6 Å². The molecule has 1 fully saturated rings. The molecule has 1 aromatic carbocycles. The van der Waals surface area contributed by atoms with Gasteiger partial charge in [-0.25, -0.2) is 4.79 Å². The number of nitrogens with one attached hydrogen (secondary N) is 1. The Kier molecular flexibility index (Phi) is 4.69. The molecule has 8 heteroatoms. The van der Waals surface area contributed by atoms with Crippen LogP contribution in [0.15, 0.2) is 18.2 Å². The second-order valence-electron chi connectivity index (χ2n) is 4.59. The Hall–Kier alpha value is -1.79. The van der Waals surface area contributed by atoms with Crippen LogP contribution in [-0.2, 0) is 20.8 Å². The van der Waals surface area contributed by atoms with E-state index in [0.29, 0.717) is 15.6 Å². The van der Waals surface area contributed by atoms with Gasteiger partial charge in [0.15, 0.2) is 0 Å². The molecule has 1 aliphatic heterocycles. The van der Waals surface area contributed by atoms with Crippen molar-refractivity contribution in [3.8, 4) is 0 Å². The summed E-state index contributed by atoms with van der Waals surface area (Å²) >= 11 is 11.8. The molecule has 2 N–H and O–H groups in total. The number of piperazine rings is 1. The third kappa shape index (κ3) is 3.65. The van der Waals surface area contributed by atoms with Crippen molar-refractivity contribution in [2.24, 2.45) is 0 Å². The van der Waals surface area contributed by atoms with Gasteiger partial charge >= 0.3 is 5.97 Å². The summed E-state index contributed by atoms with van der Waals surface area (Å²) in [6, 6.07) is 3.63. The summed E-state index contributed by atoms with van der Waals surface area (Å²) in [5.41, 5.74) is 0.529. The Balaban J connectivity index is 2.17. The number of hydrogen-bond acceptors (Lipinski definition) is 3. The van der Waals surface area contributed by atoms with E-state index in [1.54, 1.807) is 12.1 Å². The normalized spacial score (nSPS) is 18.3. The van der Waals surface area contributed by atoms with E-state index in [9.17, 15) is 14.4 Å². The van der Waals surface area contributed by atoms with Gasteiger partial charge in [0.25, 0.3) is 0 Å². The van der Waals surface area contributed by atoms with Gasteiger partial charge in [-0.15, -0.1) is 0 Å². The lowest BCUT2D eigenvalue weighted by Gasteiger charge is -2.32. The molecular weight excluding hydrogens is 319 g/mol. The minimum absolute atomic E-state index is 0.0902. The summed E-state index contributed by atoms with van der Waals surface area (Å²) in [4.78, 5) is 35.8. The molecule has 0 spiro atoms. The van der Waals surface area contributed by atoms with Crippen molar-refractivity contribution >= 4 is 41.0 Å². The molecule has 0 aromatic heterocycles. The first-order chi connectivity index (χ1) is 9.88. The monoisotopic (exact) mass is 330 g/mol. The minimum atomic E-state index is -1.16. The standard InChI is InChI=1S/C13H12Cl2N2O4/c14-8-2-1-7(9(15)4-8)3-12(19)17-6-11(18)16-5-10(17)13(20)21/h1-2,4,10H,3,5-6H2,(H,16,18)(H,20,21). The van der Waals surface area contributed by atoms with Gasteiger partial charge in [0, 0.05) is 16.6 Å². The molecule has 112 valence electrons. The average molecular weight is 331 g/mol. The first-order valence-electron chi connectivity index (χ1n) is 6.11. The van der Waals surface area contributed by atoms with E-state index in [-0.39, 0.29) is 25.4 Å². The van der Waals surface area contributed by atoms with Crippen LogP contribution in [0.4, 0.5) is 0 Å². The molecule has 6 nitrogen and oxygen atoms in total. The van der Waals surface area contributed by atoms with Crippen LogP contribution in [0.3, 0.4) is 0 Å². The van der Waals surface area contributed by atoms with Gasteiger partial charge in [-0.2, -0.15) is 0 Å². The van der Waals surface area contributed by atoms with Crippen molar-refractivity contribution in [2.75, 3.05) is 13.1 Å². The van der Waals surface area contributed by atoms with E-state index in [2.05, 4.69) is 5.32 Å². The fourth-order valence-electron chi connectivity index (χ4n) is 2.05. The van der Waals surface area contributed by atoms with Gasteiger partial charge in [-0.3, -0.25) is 9.59 Å². The van der Waals surface area contributed by atoms with Crippen molar-refractivity contribution in [3.63, 3.8) is 0 Å². The molecule has 1 heterocycles. The van der Waals surface area contributed by atoms with Crippen LogP contribution < -0.4 is 5.32 Å². The largest absolute Gasteiger partial charge is 0.480 e. The Morgan fingerprint density at radius 1 is 1.38 bits per heavy atom. The molecule has 1 atom stereocenters. The van der Waals surface area contributed by atoms with E-state index >= 15 is 0 Å². The zero-order valence-electron chi connectivity index (χ0n) is 10.8. The van der Waals surface area contributed by atoms with Crippen LogP contribution in [0.1, 0.15) is 5.56 Å². The van der Waals surface area contributed by atoms with Crippen LogP contribution in [0, 0.1) is 0 Å². The van der Waals surface area contributed by atoms with Crippen LogP contribution in [0.5, 0.6) is 0 Å². The Labute approximate surface area is 130 Å². The summed E-state index contributed by atoms with van der Waals surface area (Å²) in [6.45, 7) is -0.380. The Morgan fingerprint density at radius 2 is 2.10 bits per heavy atom. The highest BCUT2D eigenvalue weighted by Gasteiger charge is 2.35. The molecular formula is C13H12Cl2N2O4. The summed E-state index contributed by atoms with van der Waals surface area (Å²) in [5, 5.41) is 12.3. The van der Waals surface area contributed by atoms with Crippen LogP contribution in [0.2, 0.25) is 10.0 Å².